The lowest BCUT2D eigenvalue weighted by Gasteiger charge is -2.28. The van der Waals surface area contributed by atoms with E-state index in [0.717, 1.165) is 5.56 Å². The van der Waals surface area contributed by atoms with Crippen molar-refractivity contribution in [2.75, 3.05) is 6.61 Å². The van der Waals surface area contributed by atoms with Gasteiger partial charge in [-0.1, -0.05) is 30.3 Å². The van der Waals surface area contributed by atoms with E-state index in [4.69, 9.17) is 18.9 Å². The molecule has 106 valence electrons. The minimum Gasteiger partial charge on any atom is -0.460 e. The Bertz CT molecular complexity index is 514. The lowest BCUT2D eigenvalue weighted by atomic mass is 10.1. The predicted molar refractivity (Wildman–Crippen MR) is 65.4 cm³/mol. The number of benzene rings is 1. The van der Waals surface area contributed by atoms with Gasteiger partial charge in [-0.15, -0.1) is 0 Å². The van der Waals surface area contributed by atoms with Gasteiger partial charge in [-0.2, -0.15) is 0 Å². The Hall–Kier alpha value is -1.92. The van der Waals surface area contributed by atoms with Crippen LogP contribution < -0.4 is 0 Å². The molecule has 1 aromatic rings. The van der Waals surface area contributed by atoms with Gasteiger partial charge in [0.05, 0.1) is 0 Å². The molecule has 1 unspecified atom stereocenters. The average Bonchev–Trinajstić information content (AvgIpc) is 2.87. The molecule has 1 aromatic carbocycles. The fourth-order valence-electron chi connectivity index (χ4n) is 2.34. The number of carbonyl (C=O) groups excluding carboxylic acids is 2. The van der Waals surface area contributed by atoms with E-state index in [9.17, 15) is 9.59 Å². The van der Waals surface area contributed by atoms with E-state index in [1.165, 1.54) is 6.92 Å². The van der Waals surface area contributed by atoms with Crippen molar-refractivity contribution in [3.8, 4) is 0 Å². The monoisotopic (exact) mass is 278 g/mol. The highest BCUT2D eigenvalue weighted by Gasteiger charge is 2.50. The Morgan fingerprint density at radius 3 is 2.70 bits per heavy atom. The summed E-state index contributed by atoms with van der Waals surface area (Å²) in [5.41, 5.74) is 0.843. The number of carbonyl (C=O) groups is 2. The largest absolute Gasteiger partial charge is 0.460 e. The molecule has 0 saturated carbocycles. The van der Waals surface area contributed by atoms with E-state index in [0.29, 0.717) is 0 Å². The van der Waals surface area contributed by atoms with Crippen molar-refractivity contribution < 1.29 is 28.5 Å². The lowest BCUT2D eigenvalue weighted by Crippen LogP contribution is -2.50. The second-order valence-electron chi connectivity index (χ2n) is 4.68. The predicted octanol–water partition coefficient (Wildman–Crippen LogP) is 0.958. The first-order valence-electron chi connectivity index (χ1n) is 6.35. The molecular weight excluding hydrogens is 264 g/mol. The average molecular weight is 278 g/mol. The fourth-order valence-corrected chi connectivity index (χ4v) is 2.34. The Labute approximate surface area is 115 Å². The summed E-state index contributed by atoms with van der Waals surface area (Å²) >= 11 is 0. The van der Waals surface area contributed by atoms with Crippen LogP contribution in [0.4, 0.5) is 0 Å². The molecule has 2 heterocycles. The highest BCUT2D eigenvalue weighted by atomic mass is 16.8. The van der Waals surface area contributed by atoms with E-state index in [2.05, 4.69) is 0 Å². The lowest BCUT2D eigenvalue weighted by molar-refractivity contribution is -0.186. The second-order valence-corrected chi connectivity index (χ2v) is 4.68. The standard InChI is InChI=1S/C14H14O6/c1-8(15)18-12-11-10(7-17-13(12)16)19-14(20-11)9-5-3-2-4-6-9/h2-6,10-12,14H,7H2,1H3/t10-,11-,12-,14?/m1/s1. The molecule has 0 radical (unpaired) electrons. The molecule has 0 amide bonds. The molecule has 6 nitrogen and oxygen atoms in total. The van der Waals surface area contributed by atoms with Crippen LogP contribution >= 0.6 is 0 Å². The molecule has 4 atom stereocenters. The van der Waals surface area contributed by atoms with Gasteiger partial charge in [-0.05, 0) is 0 Å². The van der Waals surface area contributed by atoms with E-state index < -0.39 is 36.5 Å². The number of cyclic esters (lactones) is 1. The van der Waals surface area contributed by atoms with Crippen LogP contribution in [-0.4, -0.2) is 36.9 Å². The maximum absolute atomic E-state index is 11.7. The summed E-state index contributed by atoms with van der Waals surface area (Å²) < 4.78 is 21.4. The summed E-state index contributed by atoms with van der Waals surface area (Å²) in [4.78, 5) is 22.8. The number of hydrogen-bond acceptors (Lipinski definition) is 6. The minimum atomic E-state index is -1.07. The van der Waals surface area contributed by atoms with Crippen molar-refractivity contribution in [3.05, 3.63) is 35.9 Å². The van der Waals surface area contributed by atoms with Gasteiger partial charge in [-0.3, -0.25) is 4.79 Å². The zero-order valence-electron chi connectivity index (χ0n) is 10.9. The summed E-state index contributed by atoms with van der Waals surface area (Å²) in [6, 6.07) is 9.36. The summed E-state index contributed by atoms with van der Waals surface area (Å²) in [5.74, 6) is -1.15. The van der Waals surface area contributed by atoms with Gasteiger partial charge in [0.2, 0.25) is 6.10 Å². The summed E-state index contributed by atoms with van der Waals surface area (Å²) in [6.45, 7) is 1.34. The van der Waals surface area contributed by atoms with Crippen LogP contribution in [-0.2, 0) is 28.5 Å². The van der Waals surface area contributed by atoms with E-state index in [1.54, 1.807) is 0 Å². The van der Waals surface area contributed by atoms with Gasteiger partial charge < -0.3 is 18.9 Å². The third-order valence-corrected chi connectivity index (χ3v) is 3.23. The Balaban J connectivity index is 1.78. The highest BCUT2D eigenvalue weighted by Crippen LogP contribution is 2.35. The third-order valence-electron chi connectivity index (χ3n) is 3.23. The maximum Gasteiger partial charge on any atom is 0.350 e. The molecule has 3 rings (SSSR count). The molecule has 0 aromatic heterocycles. The van der Waals surface area contributed by atoms with Crippen molar-refractivity contribution in [1.82, 2.24) is 0 Å². The minimum absolute atomic E-state index is 0.102. The summed E-state index contributed by atoms with van der Waals surface area (Å²) in [6.07, 6.45) is -2.72. The van der Waals surface area contributed by atoms with Gasteiger partial charge in [-0.25, -0.2) is 4.79 Å². The maximum atomic E-state index is 11.7. The van der Waals surface area contributed by atoms with Gasteiger partial charge in [0.15, 0.2) is 6.29 Å². The highest BCUT2D eigenvalue weighted by molar-refractivity contribution is 5.80. The van der Waals surface area contributed by atoms with Crippen LogP contribution in [0.1, 0.15) is 18.8 Å². The van der Waals surface area contributed by atoms with Gasteiger partial charge in [0, 0.05) is 12.5 Å². The van der Waals surface area contributed by atoms with E-state index in [-0.39, 0.29) is 6.61 Å². The Morgan fingerprint density at radius 2 is 2.00 bits per heavy atom. The number of rotatable bonds is 2. The van der Waals surface area contributed by atoms with Crippen LogP contribution in [0.5, 0.6) is 0 Å². The van der Waals surface area contributed by atoms with Crippen molar-refractivity contribution in [3.63, 3.8) is 0 Å². The van der Waals surface area contributed by atoms with Gasteiger partial charge in [0.1, 0.15) is 18.8 Å². The van der Waals surface area contributed by atoms with Crippen molar-refractivity contribution >= 4 is 11.9 Å². The normalized spacial score (nSPS) is 32.4. The summed E-state index contributed by atoms with van der Waals surface area (Å²) in [7, 11) is 0. The Kier molecular flexibility index (Phi) is 3.42. The molecule has 20 heavy (non-hydrogen) atoms. The molecule has 0 aliphatic carbocycles. The first kappa shape index (κ1) is 13.1. The van der Waals surface area contributed by atoms with Crippen molar-refractivity contribution in [2.24, 2.45) is 0 Å². The van der Waals surface area contributed by atoms with Crippen LogP contribution in [0.15, 0.2) is 30.3 Å². The summed E-state index contributed by atoms with van der Waals surface area (Å²) in [5, 5.41) is 0. The third kappa shape index (κ3) is 2.39. The Morgan fingerprint density at radius 1 is 1.25 bits per heavy atom. The molecule has 2 fully saturated rings. The van der Waals surface area contributed by atoms with Gasteiger partial charge >= 0.3 is 11.9 Å². The van der Waals surface area contributed by atoms with Crippen LogP contribution in [0.3, 0.4) is 0 Å². The SMILES string of the molecule is CC(=O)O[C@H]1C(=O)OC[C@H]2OC(c3ccccc3)O[C@H]21. The zero-order valence-corrected chi connectivity index (χ0v) is 10.9. The molecular formula is C14H14O6. The van der Waals surface area contributed by atoms with Crippen molar-refractivity contribution in [1.29, 1.82) is 0 Å². The van der Waals surface area contributed by atoms with Gasteiger partial charge in [0.25, 0.3) is 0 Å². The topological polar surface area (TPSA) is 71.1 Å². The number of esters is 2. The number of hydrogen-bond donors (Lipinski definition) is 0. The van der Waals surface area contributed by atoms with E-state index >= 15 is 0 Å². The smallest absolute Gasteiger partial charge is 0.350 e. The van der Waals surface area contributed by atoms with Crippen LogP contribution in [0.2, 0.25) is 0 Å². The van der Waals surface area contributed by atoms with E-state index in [1.807, 2.05) is 30.3 Å². The first-order valence-corrected chi connectivity index (χ1v) is 6.35. The fraction of sp³-hybridized carbons (Fsp3) is 0.429. The zero-order chi connectivity index (χ0) is 14.1. The molecule has 2 saturated heterocycles. The molecule has 0 bridgehead atoms. The molecule has 0 spiro atoms. The first-order chi connectivity index (χ1) is 9.65. The molecule has 6 heteroatoms. The number of ether oxygens (including phenoxy) is 4. The second kappa shape index (κ2) is 5.22. The van der Waals surface area contributed by atoms with Crippen LogP contribution in [0.25, 0.3) is 0 Å². The van der Waals surface area contributed by atoms with Crippen molar-refractivity contribution in [2.45, 2.75) is 31.5 Å². The molecule has 2 aliphatic rings. The van der Waals surface area contributed by atoms with Crippen LogP contribution in [0, 0.1) is 0 Å². The molecule has 2 aliphatic heterocycles. The quantitative estimate of drug-likeness (QED) is 0.750. The molecule has 0 N–H and O–H groups in total. The number of fused-ring (bicyclic) bond motifs is 1.